The van der Waals surface area contributed by atoms with Crippen molar-refractivity contribution in [3.05, 3.63) is 108 Å². The minimum Gasteiger partial charge on any atom is -0.362 e. The van der Waals surface area contributed by atoms with Crippen LogP contribution in [0, 0.1) is 0 Å². The SMILES string of the molecule is CCN1CS(=CC=CC=CC=Cc2sc3c4ccccc4ccc3[n+]2CC)c2c1ccc1ccccc21. The number of hydrogen-bond acceptors (Lipinski definition) is 2. The molecule has 0 spiro atoms. The molecule has 2 heterocycles. The maximum atomic E-state index is 2.50. The molecule has 4 aromatic carbocycles. The average Bonchev–Trinajstić information content (AvgIpc) is 3.50. The smallest absolute Gasteiger partial charge is 0.262 e. The molecule has 2 nitrogen and oxygen atoms in total. The number of aromatic nitrogens is 1. The monoisotopic (exact) mass is 519 g/mol. The maximum Gasteiger partial charge on any atom is 0.262 e. The molecule has 1 unspecified atom stereocenters. The fourth-order valence-electron chi connectivity index (χ4n) is 5.18. The van der Waals surface area contributed by atoms with Crippen LogP contribution in [0.25, 0.3) is 37.8 Å². The van der Waals surface area contributed by atoms with Gasteiger partial charge >= 0.3 is 0 Å². The molecule has 0 bridgehead atoms. The van der Waals surface area contributed by atoms with Crippen molar-refractivity contribution in [3.8, 4) is 0 Å². The minimum absolute atomic E-state index is 0.0917. The second kappa shape index (κ2) is 10.5. The zero-order valence-corrected chi connectivity index (χ0v) is 22.9. The van der Waals surface area contributed by atoms with Gasteiger partial charge in [0, 0.05) is 29.0 Å². The van der Waals surface area contributed by atoms with E-state index in [2.05, 4.69) is 138 Å². The molecule has 0 saturated carbocycles. The average molecular weight is 520 g/mol. The first kappa shape index (κ1) is 23.9. The van der Waals surface area contributed by atoms with Crippen molar-refractivity contribution in [3.63, 3.8) is 0 Å². The van der Waals surface area contributed by atoms with E-state index in [1.165, 1.54) is 47.4 Å². The van der Waals surface area contributed by atoms with Crippen molar-refractivity contribution in [2.24, 2.45) is 0 Å². The summed E-state index contributed by atoms with van der Waals surface area (Å²) in [6, 6.07) is 26.5. The highest BCUT2D eigenvalue weighted by molar-refractivity contribution is 8.15. The lowest BCUT2D eigenvalue weighted by molar-refractivity contribution is -0.665. The Morgan fingerprint density at radius 3 is 2.32 bits per heavy atom. The Kier molecular flexibility index (Phi) is 6.77. The number of hydrogen-bond donors (Lipinski definition) is 0. The van der Waals surface area contributed by atoms with E-state index in [1.807, 2.05) is 11.3 Å². The molecule has 184 valence electrons. The first-order valence-electron chi connectivity index (χ1n) is 12.9. The van der Waals surface area contributed by atoms with Gasteiger partial charge in [0.05, 0.1) is 11.6 Å². The number of benzene rings is 4. The van der Waals surface area contributed by atoms with E-state index >= 15 is 0 Å². The van der Waals surface area contributed by atoms with Gasteiger partial charge in [0.15, 0.2) is 0 Å². The maximum absolute atomic E-state index is 2.50. The largest absolute Gasteiger partial charge is 0.362 e. The molecule has 4 heteroatoms. The summed E-state index contributed by atoms with van der Waals surface area (Å²) in [5.41, 5.74) is 2.71. The summed E-state index contributed by atoms with van der Waals surface area (Å²) in [6.45, 7) is 6.47. The number of aryl methyl sites for hydroxylation is 1. The fraction of sp³-hybridized carbons (Fsp3) is 0.152. The second-order valence-corrected chi connectivity index (χ2v) is 12.0. The van der Waals surface area contributed by atoms with Gasteiger partial charge in [-0.2, -0.15) is 4.57 Å². The third-order valence-electron chi connectivity index (χ3n) is 7.00. The van der Waals surface area contributed by atoms with E-state index in [0.29, 0.717) is 0 Å². The number of rotatable bonds is 6. The first-order chi connectivity index (χ1) is 18.3. The van der Waals surface area contributed by atoms with Crippen LogP contribution in [0.3, 0.4) is 0 Å². The van der Waals surface area contributed by atoms with Gasteiger partial charge < -0.3 is 4.90 Å². The summed E-state index contributed by atoms with van der Waals surface area (Å²) in [5.74, 6) is 1.07. The van der Waals surface area contributed by atoms with Crippen LogP contribution >= 0.6 is 21.8 Å². The molecule has 1 aliphatic rings. The molecule has 0 saturated heterocycles. The topological polar surface area (TPSA) is 7.12 Å². The van der Waals surface area contributed by atoms with Gasteiger partial charge in [0.1, 0.15) is 11.2 Å². The van der Waals surface area contributed by atoms with Crippen molar-refractivity contribution in [2.45, 2.75) is 25.3 Å². The van der Waals surface area contributed by atoms with Crippen LogP contribution < -0.4 is 9.47 Å². The van der Waals surface area contributed by atoms with E-state index < -0.39 is 0 Å². The molecule has 0 fully saturated rings. The van der Waals surface area contributed by atoms with Crippen LogP contribution in [0.2, 0.25) is 0 Å². The molecule has 0 N–H and O–H groups in total. The molecule has 6 rings (SSSR count). The Labute approximate surface area is 225 Å². The van der Waals surface area contributed by atoms with Gasteiger partial charge in [0.25, 0.3) is 5.01 Å². The third kappa shape index (κ3) is 4.45. The normalized spacial score (nSPS) is 16.1. The number of thiazole rings is 1. The van der Waals surface area contributed by atoms with Crippen LogP contribution in [-0.2, 0) is 6.54 Å². The standard InChI is InChI=1S/C33H31N2S2/c1-3-34-24-37(33-28-17-12-10-15-26(28)20-22-30(33)34)23-13-7-5-6-8-18-31-35(4-2)29-21-19-25-14-9-11-16-27(25)32(29)36-31/h5-23H,3-4,24H2,1-2H3/q+1. The van der Waals surface area contributed by atoms with Gasteiger partial charge in [0.2, 0.25) is 5.52 Å². The molecule has 1 aromatic heterocycles. The number of nitrogens with zero attached hydrogens (tertiary/aromatic N) is 2. The Balaban J connectivity index is 1.22. The zero-order chi connectivity index (χ0) is 25.2. The molecule has 0 radical (unpaired) electrons. The summed E-state index contributed by atoms with van der Waals surface area (Å²) in [7, 11) is 0.0917. The molecular formula is C33H31N2S2+. The van der Waals surface area contributed by atoms with Crippen molar-refractivity contribution < 1.29 is 4.57 Å². The highest BCUT2D eigenvalue weighted by atomic mass is 32.2. The number of anilines is 1. The molecule has 0 aliphatic carbocycles. The van der Waals surface area contributed by atoms with E-state index in [9.17, 15) is 0 Å². The van der Waals surface area contributed by atoms with Gasteiger partial charge in [-0.05, 0) is 47.5 Å². The Bertz CT molecular complexity index is 1740. The lowest BCUT2D eigenvalue weighted by atomic mass is 10.1. The lowest BCUT2D eigenvalue weighted by Gasteiger charge is -2.15. The van der Waals surface area contributed by atoms with Crippen LogP contribution in [0.5, 0.6) is 0 Å². The zero-order valence-electron chi connectivity index (χ0n) is 21.3. The predicted molar refractivity (Wildman–Crippen MR) is 166 cm³/mol. The van der Waals surface area contributed by atoms with E-state index in [-0.39, 0.29) is 10.5 Å². The third-order valence-corrected chi connectivity index (χ3v) is 10.2. The highest BCUT2D eigenvalue weighted by Crippen LogP contribution is 2.47. The summed E-state index contributed by atoms with van der Waals surface area (Å²) >= 11 is 1.87. The number of fused-ring (bicyclic) bond motifs is 6. The van der Waals surface area contributed by atoms with Crippen LogP contribution in [0.15, 0.2) is 108 Å². The Hall–Kier alpha value is -3.47. The highest BCUT2D eigenvalue weighted by Gasteiger charge is 2.23. The van der Waals surface area contributed by atoms with Crippen molar-refractivity contribution in [1.82, 2.24) is 0 Å². The predicted octanol–water partition coefficient (Wildman–Crippen LogP) is 8.57. The molecule has 1 aliphatic heterocycles. The molecule has 1 atom stereocenters. The molecule has 37 heavy (non-hydrogen) atoms. The van der Waals surface area contributed by atoms with E-state index in [4.69, 9.17) is 0 Å². The number of allylic oxidation sites excluding steroid dienone is 5. The minimum atomic E-state index is 0.0917. The Morgan fingerprint density at radius 2 is 1.51 bits per heavy atom. The van der Waals surface area contributed by atoms with Gasteiger partial charge in [-0.3, -0.25) is 0 Å². The van der Waals surface area contributed by atoms with Gasteiger partial charge in [-0.1, -0.05) is 96.3 Å². The summed E-state index contributed by atoms with van der Waals surface area (Å²) in [5, 5.41) is 9.03. The van der Waals surface area contributed by atoms with Crippen molar-refractivity contribution in [2.75, 3.05) is 17.3 Å². The summed E-state index contributed by atoms with van der Waals surface area (Å²) in [4.78, 5) is 4.00. The van der Waals surface area contributed by atoms with Crippen molar-refractivity contribution in [1.29, 1.82) is 0 Å². The first-order valence-corrected chi connectivity index (χ1v) is 15.2. The van der Waals surface area contributed by atoms with Gasteiger partial charge in [-0.25, -0.2) is 0 Å². The van der Waals surface area contributed by atoms with E-state index in [0.717, 1.165) is 19.0 Å². The summed E-state index contributed by atoms with van der Waals surface area (Å²) < 4.78 is 3.77. The second-order valence-electron chi connectivity index (χ2n) is 9.13. The van der Waals surface area contributed by atoms with Crippen molar-refractivity contribution >= 4 is 70.7 Å². The Morgan fingerprint density at radius 1 is 0.811 bits per heavy atom. The summed E-state index contributed by atoms with van der Waals surface area (Å²) in [6.07, 6.45) is 13.0. The van der Waals surface area contributed by atoms with Crippen LogP contribution in [0.1, 0.15) is 18.9 Å². The molecule has 5 aromatic rings. The fourth-order valence-corrected chi connectivity index (χ4v) is 8.68. The van der Waals surface area contributed by atoms with Crippen LogP contribution in [-0.4, -0.2) is 17.8 Å². The van der Waals surface area contributed by atoms with Crippen LogP contribution in [0.4, 0.5) is 5.69 Å². The van der Waals surface area contributed by atoms with Gasteiger partial charge in [-0.15, -0.1) is 10.5 Å². The molecule has 0 amide bonds. The lowest BCUT2D eigenvalue weighted by Crippen LogP contribution is -2.33. The molecular weight excluding hydrogens is 489 g/mol. The van der Waals surface area contributed by atoms with E-state index in [1.54, 1.807) is 0 Å². The quantitative estimate of drug-likeness (QED) is 0.0943.